The topological polar surface area (TPSA) is 68.0 Å². The number of aromatic nitrogens is 2. The summed E-state index contributed by atoms with van der Waals surface area (Å²) < 4.78 is 18.5. The molecule has 8 heteroatoms. The fourth-order valence-electron chi connectivity index (χ4n) is 1.79. The van der Waals surface area contributed by atoms with E-state index in [1.165, 1.54) is 23.9 Å². The number of carbonyl (C=O) groups excluding carboxylic acids is 1. The van der Waals surface area contributed by atoms with E-state index in [9.17, 15) is 9.18 Å². The minimum Gasteiger partial charge on any atom is -0.416 e. The van der Waals surface area contributed by atoms with E-state index in [4.69, 9.17) is 16.0 Å². The van der Waals surface area contributed by atoms with Gasteiger partial charge in [0.25, 0.3) is 5.22 Å². The van der Waals surface area contributed by atoms with Crippen molar-refractivity contribution in [1.82, 2.24) is 10.2 Å². The highest BCUT2D eigenvalue weighted by Gasteiger charge is 2.30. The van der Waals surface area contributed by atoms with Crippen molar-refractivity contribution in [2.45, 2.75) is 36.2 Å². The largest absolute Gasteiger partial charge is 0.416 e. The molecule has 22 heavy (non-hydrogen) atoms. The van der Waals surface area contributed by atoms with Crippen molar-refractivity contribution in [1.29, 1.82) is 0 Å². The lowest BCUT2D eigenvalue weighted by Crippen LogP contribution is -2.22. The molecule has 3 rings (SSSR count). The molecule has 1 saturated carbocycles. The second-order valence-corrected chi connectivity index (χ2v) is 6.75. The average molecular weight is 342 g/mol. The Labute approximate surface area is 135 Å². The first-order chi connectivity index (χ1) is 10.5. The summed E-state index contributed by atoms with van der Waals surface area (Å²) in [5.41, 5.74) is 0.365. The molecule has 1 aromatic carbocycles. The van der Waals surface area contributed by atoms with Gasteiger partial charge < -0.3 is 9.73 Å². The van der Waals surface area contributed by atoms with Crippen LogP contribution < -0.4 is 5.32 Å². The molecule has 1 amide bonds. The number of nitrogens with zero attached hydrogens (tertiary/aromatic N) is 2. The molecule has 1 aliphatic rings. The number of benzene rings is 1. The fraction of sp³-hybridized carbons (Fsp3) is 0.357. The van der Waals surface area contributed by atoms with E-state index in [2.05, 4.69) is 15.5 Å². The van der Waals surface area contributed by atoms with E-state index in [0.29, 0.717) is 22.7 Å². The van der Waals surface area contributed by atoms with Crippen LogP contribution in [0.3, 0.4) is 0 Å². The Morgan fingerprint density at radius 3 is 2.95 bits per heavy atom. The predicted octanol–water partition coefficient (Wildman–Crippen LogP) is 3.86. The smallest absolute Gasteiger partial charge is 0.277 e. The van der Waals surface area contributed by atoms with Gasteiger partial charge in [0.1, 0.15) is 5.82 Å². The summed E-state index contributed by atoms with van der Waals surface area (Å²) in [4.78, 5) is 12.1. The molecule has 0 radical (unpaired) electrons. The first-order valence-electron chi connectivity index (χ1n) is 6.79. The third-order valence-electron chi connectivity index (χ3n) is 3.18. The van der Waals surface area contributed by atoms with Gasteiger partial charge in [0.05, 0.1) is 16.0 Å². The van der Waals surface area contributed by atoms with E-state index < -0.39 is 11.1 Å². The van der Waals surface area contributed by atoms with Gasteiger partial charge in [0.15, 0.2) is 0 Å². The number of nitrogens with one attached hydrogen (secondary N) is 1. The van der Waals surface area contributed by atoms with Crippen LogP contribution in [0.2, 0.25) is 5.02 Å². The second kappa shape index (κ2) is 6.26. The molecule has 2 aromatic rings. The highest BCUT2D eigenvalue weighted by atomic mass is 35.5. The third kappa shape index (κ3) is 3.59. The minimum absolute atomic E-state index is 0.152. The first-order valence-corrected chi connectivity index (χ1v) is 8.04. The van der Waals surface area contributed by atoms with Crippen molar-refractivity contribution in [3.8, 4) is 0 Å². The maximum Gasteiger partial charge on any atom is 0.277 e. The lowest BCUT2D eigenvalue weighted by Gasteiger charge is -2.11. The Hall–Kier alpha value is -1.60. The van der Waals surface area contributed by atoms with E-state index in [1.807, 2.05) is 0 Å². The van der Waals surface area contributed by atoms with E-state index in [1.54, 1.807) is 6.92 Å². The number of rotatable bonds is 5. The van der Waals surface area contributed by atoms with Gasteiger partial charge in [-0.2, -0.15) is 0 Å². The van der Waals surface area contributed by atoms with Gasteiger partial charge in [-0.1, -0.05) is 23.4 Å². The van der Waals surface area contributed by atoms with E-state index in [-0.39, 0.29) is 10.9 Å². The van der Waals surface area contributed by atoms with Crippen molar-refractivity contribution in [3.63, 3.8) is 0 Å². The number of carbonyl (C=O) groups is 1. The maximum atomic E-state index is 13.0. The zero-order valence-corrected chi connectivity index (χ0v) is 13.2. The molecule has 1 aliphatic carbocycles. The molecular formula is C14H13ClFN3O2S. The van der Waals surface area contributed by atoms with Gasteiger partial charge >= 0.3 is 0 Å². The summed E-state index contributed by atoms with van der Waals surface area (Å²) in [5.74, 6) is 0.286. The van der Waals surface area contributed by atoms with Gasteiger partial charge in [-0.25, -0.2) is 4.39 Å². The Morgan fingerprint density at radius 1 is 1.50 bits per heavy atom. The van der Waals surface area contributed by atoms with E-state index >= 15 is 0 Å². The quantitative estimate of drug-likeness (QED) is 0.836. The van der Waals surface area contributed by atoms with Crippen LogP contribution >= 0.6 is 23.4 Å². The van der Waals surface area contributed by atoms with Crippen molar-refractivity contribution < 1.29 is 13.6 Å². The van der Waals surface area contributed by atoms with Crippen LogP contribution in [0.5, 0.6) is 0 Å². The lowest BCUT2D eigenvalue weighted by molar-refractivity contribution is -0.115. The first kappa shape index (κ1) is 15.3. The summed E-state index contributed by atoms with van der Waals surface area (Å²) in [5, 5.41) is 10.6. The van der Waals surface area contributed by atoms with Gasteiger partial charge in [0, 0.05) is 5.92 Å². The number of hydrogen-bond donors (Lipinski definition) is 1. The second-order valence-electron chi connectivity index (χ2n) is 5.05. The third-order valence-corrected chi connectivity index (χ3v) is 4.43. The number of thioether (sulfide) groups is 1. The molecule has 0 aliphatic heterocycles. The summed E-state index contributed by atoms with van der Waals surface area (Å²) in [6.07, 6.45) is 2.15. The normalized spacial score (nSPS) is 15.6. The highest BCUT2D eigenvalue weighted by Crippen LogP contribution is 2.40. The predicted molar refractivity (Wildman–Crippen MR) is 81.6 cm³/mol. The van der Waals surface area contributed by atoms with Crippen LogP contribution in [0.1, 0.15) is 31.6 Å². The lowest BCUT2D eigenvalue weighted by atomic mass is 10.3. The van der Waals surface area contributed by atoms with Gasteiger partial charge in [-0.05, 0) is 38.0 Å². The van der Waals surface area contributed by atoms with Crippen LogP contribution in [-0.4, -0.2) is 21.4 Å². The Morgan fingerprint density at radius 2 is 2.27 bits per heavy atom. The summed E-state index contributed by atoms with van der Waals surface area (Å²) in [7, 11) is 0. The Kier molecular flexibility index (Phi) is 4.35. The number of hydrogen-bond acceptors (Lipinski definition) is 5. The SMILES string of the molecule is C[C@H](Sc1nnc(C2CC2)o1)C(=O)Nc1ccc(F)cc1Cl. The summed E-state index contributed by atoms with van der Waals surface area (Å²) in [6, 6.07) is 3.80. The zero-order valence-electron chi connectivity index (χ0n) is 11.7. The molecule has 116 valence electrons. The van der Waals surface area contributed by atoms with Crippen molar-refractivity contribution in [2.24, 2.45) is 0 Å². The van der Waals surface area contributed by atoms with Gasteiger partial charge in [-0.15, -0.1) is 10.2 Å². The molecule has 1 fully saturated rings. The monoisotopic (exact) mass is 341 g/mol. The number of amides is 1. The van der Waals surface area contributed by atoms with Crippen LogP contribution in [0.15, 0.2) is 27.8 Å². The molecular weight excluding hydrogens is 329 g/mol. The molecule has 1 heterocycles. The van der Waals surface area contributed by atoms with Crippen LogP contribution in [0, 0.1) is 5.82 Å². The Balaban J connectivity index is 1.60. The van der Waals surface area contributed by atoms with Gasteiger partial charge in [-0.3, -0.25) is 4.79 Å². The fourth-order valence-corrected chi connectivity index (χ4v) is 2.70. The number of halogens is 2. The van der Waals surface area contributed by atoms with Crippen LogP contribution in [0.4, 0.5) is 10.1 Å². The number of anilines is 1. The van der Waals surface area contributed by atoms with Crippen molar-refractivity contribution in [3.05, 3.63) is 34.9 Å². The molecule has 5 nitrogen and oxygen atoms in total. The summed E-state index contributed by atoms with van der Waals surface area (Å²) in [6.45, 7) is 1.72. The van der Waals surface area contributed by atoms with Crippen molar-refractivity contribution >= 4 is 35.0 Å². The Bertz CT molecular complexity index is 705. The van der Waals surface area contributed by atoms with Crippen LogP contribution in [-0.2, 0) is 4.79 Å². The molecule has 0 bridgehead atoms. The molecule has 0 spiro atoms. The highest BCUT2D eigenvalue weighted by molar-refractivity contribution is 8.00. The van der Waals surface area contributed by atoms with Crippen LogP contribution in [0.25, 0.3) is 0 Å². The van der Waals surface area contributed by atoms with Crippen molar-refractivity contribution in [2.75, 3.05) is 5.32 Å². The molecule has 0 saturated heterocycles. The maximum absolute atomic E-state index is 13.0. The average Bonchev–Trinajstić information content (AvgIpc) is 3.22. The van der Waals surface area contributed by atoms with Gasteiger partial charge in [0.2, 0.25) is 11.8 Å². The summed E-state index contributed by atoms with van der Waals surface area (Å²) >= 11 is 7.06. The standard InChI is InChI=1S/C14H13ClFN3O2S/c1-7(22-14-19-18-13(21-14)8-2-3-8)12(20)17-11-5-4-9(16)6-10(11)15/h4-8H,2-3H2,1H3,(H,17,20)/t7-/m0/s1. The van der Waals surface area contributed by atoms with E-state index in [0.717, 1.165) is 18.9 Å². The molecule has 0 unspecified atom stereocenters. The molecule has 1 aromatic heterocycles. The molecule has 1 atom stereocenters. The zero-order chi connectivity index (χ0) is 15.7. The minimum atomic E-state index is -0.455. The molecule has 1 N–H and O–H groups in total.